The second kappa shape index (κ2) is 6.35. The van der Waals surface area contributed by atoms with Gasteiger partial charge >= 0.3 is 0 Å². The Morgan fingerprint density at radius 1 is 1.00 bits per heavy atom. The van der Waals surface area contributed by atoms with Crippen LogP contribution in [0.2, 0.25) is 0 Å². The number of hydrogen-bond acceptors (Lipinski definition) is 3. The van der Waals surface area contributed by atoms with E-state index < -0.39 is 0 Å². The third kappa shape index (κ3) is 3.56. The van der Waals surface area contributed by atoms with Crippen molar-refractivity contribution in [2.45, 2.75) is 6.61 Å². The number of nitrogens with zero attached hydrogens (tertiary/aromatic N) is 1. The van der Waals surface area contributed by atoms with E-state index in [0.717, 1.165) is 17.4 Å². The van der Waals surface area contributed by atoms with Gasteiger partial charge in [-0.15, -0.1) is 0 Å². The Bertz CT molecular complexity index is 535. The third-order valence-electron chi connectivity index (χ3n) is 2.40. The fourth-order valence-corrected chi connectivity index (χ4v) is 1.50. The van der Waals surface area contributed by atoms with Crippen molar-refractivity contribution in [1.29, 1.82) is 0 Å². The quantitative estimate of drug-likeness (QED) is 0.457. The molecule has 0 atom stereocenters. The molecule has 2 aromatic carbocycles. The normalized spacial score (nSPS) is 10.4. The number of aldehydes is 1. The van der Waals surface area contributed by atoms with Crippen molar-refractivity contribution in [2.24, 2.45) is 5.16 Å². The molecule has 0 saturated heterocycles. The summed E-state index contributed by atoms with van der Waals surface area (Å²) in [6, 6.07) is 17.0. The van der Waals surface area contributed by atoms with Crippen LogP contribution in [0.15, 0.2) is 59.8 Å². The third-order valence-corrected chi connectivity index (χ3v) is 2.40. The van der Waals surface area contributed by atoms with Crippen LogP contribution in [0.1, 0.15) is 21.5 Å². The van der Waals surface area contributed by atoms with Crippen molar-refractivity contribution in [3.63, 3.8) is 0 Å². The molecule has 90 valence electrons. The summed E-state index contributed by atoms with van der Waals surface area (Å²) in [5.41, 5.74) is 2.53. The van der Waals surface area contributed by atoms with Crippen LogP contribution in [0.5, 0.6) is 0 Å². The van der Waals surface area contributed by atoms with Crippen molar-refractivity contribution >= 4 is 12.5 Å². The van der Waals surface area contributed by atoms with Crippen molar-refractivity contribution in [3.05, 3.63) is 71.3 Å². The zero-order chi connectivity index (χ0) is 12.6. The van der Waals surface area contributed by atoms with Gasteiger partial charge in [-0.1, -0.05) is 53.7 Å². The Morgan fingerprint density at radius 3 is 2.56 bits per heavy atom. The van der Waals surface area contributed by atoms with Gasteiger partial charge in [0.2, 0.25) is 0 Å². The average molecular weight is 239 g/mol. The monoisotopic (exact) mass is 239 g/mol. The topological polar surface area (TPSA) is 38.7 Å². The van der Waals surface area contributed by atoms with Gasteiger partial charge in [-0.3, -0.25) is 4.79 Å². The minimum absolute atomic E-state index is 0.435. The number of benzene rings is 2. The zero-order valence-electron chi connectivity index (χ0n) is 9.82. The predicted molar refractivity (Wildman–Crippen MR) is 70.7 cm³/mol. The Kier molecular flexibility index (Phi) is 4.25. The van der Waals surface area contributed by atoms with Gasteiger partial charge in [0.25, 0.3) is 0 Å². The van der Waals surface area contributed by atoms with Crippen LogP contribution >= 0.6 is 0 Å². The number of rotatable bonds is 5. The number of oxime groups is 1. The molecular weight excluding hydrogens is 226 g/mol. The number of hydrogen-bond donors (Lipinski definition) is 0. The molecule has 0 aliphatic heterocycles. The van der Waals surface area contributed by atoms with E-state index in [-0.39, 0.29) is 0 Å². The van der Waals surface area contributed by atoms with E-state index in [1.165, 1.54) is 0 Å². The number of carbonyl (C=O) groups is 1. The van der Waals surface area contributed by atoms with E-state index in [9.17, 15) is 4.79 Å². The van der Waals surface area contributed by atoms with Crippen molar-refractivity contribution < 1.29 is 9.63 Å². The van der Waals surface area contributed by atoms with Gasteiger partial charge in [0.15, 0.2) is 0 Å². The molecule has 0 amide bonds. The molecule has 2 aromatic rings. The highest BCUT2D eigenvalue weighted by Gasteiger charge is 1.92. The molecule has 0 fully saturated rings. The van der Waals surface area contributed by atoms with Crippen LogP contribution in [-0.4, -0.2) is 12.5 Å². The van der Waals surface area contributed by atoms with Gasteiger partial charge in [0.1, 0.15) is 12.9 Å². The highest BCUT2D eigenvalue weighted by atomic mass is 16.6. The van der Waals surface area contributed by atoms with Gasteiger partial charge in [-0.05, 0) is 17.2 Å². The van der Waals surface area contributed by atoms with Crippen LogP contribution in [0, 0.1) is 0 Å². The molecule has 0 heterocycles. The Balaban J connectivity index is 1.89. The molecule has 0 N–H and O–H groups in total. The first kappa shape index (κ1) is 12.0. The molecule has 0 radical (unpaired) electrons. The van der Waals surface area contributed by atoms with Crippen molar-refractivity contribution in [1.82, 2.24) is 0 Å². The molecule has 2 rings (SSSR count). The standard InChI is InChI=1S/C15H13NO2/c17-11-15-8-4-7-14(9-15)10-16-18-12-13-5-2-1-3-6-13/h1-11H,12H2/b16-10+. The first-order valence-electron chi connectivity index (χ1n) is 5.63. The fraction of sp³-hybridized carbons (Fsp3) is 0.0667. The van der Waals surface area contributed by atoms with E-state index >= 15 is 0 Å². The lowest BCUT2D eigenvalue weighted by Crippen LogP contribution is -1.89. The van der Waals surface area contributed by atoms with Crippen LogP contribution in [-0.2, 0) is 11.4 Å². The molecule has 18 heavy (non-hydrogen) atoms. The maximum absolute atomic E-state index is 10.6. The largest absolute Gasteiger partial charge is 0.391 e. The summed E-state index contributed by atoms with van der Waals surface area (Å²) in [4.78, 5) is 15.8. The summed E-state index contributed by atoms with van der Waals surface area (Å²) in [5, 5.41) is 3.87. The van der Waals surface area contributed by atoms with Gasteiger partial charge in [0, 0.05) is 5.56 Å². The maximum atomic E-state index is 10.6. The fourth-order valence-electron chi connectivity index (χ4n) is 1.50. The van der Waals surface area contributed by atoms with Gasteiger partial charge in [-0.2, -0.15) is 0 Å². The van der Waals surface area contributed by atoms with E-state index in [0.29, 0.717) is 12.2 Å². The van der Waals surface area contributed by atoms with Crippen molar-refractivity contribution in [3.8, 4) is 0 Å². The van der Waals surface area contributed by atoms with Crippen LogP contribution < -0.4 is 0 Å². The Morgan fingerprint density at radius 2 is 1.78 bits per heavy atom. The summed E-state index contributed by atoms with van der Waals surface area (Å²) in [6.45, 7) is 0.435. The zero-order valence-corrected chi connectivity index (χ0v) is 9.82. The second-order valence-corrected chi connectivity index (χ2v) is 3.78. The highest BCUT2D eigenvalue weighted by Crippen LogP contribution is 2.02. The molecule has 0 aliphatic rings. The van der Waals surface area contributed by atoms with Crippen molar-refractivity contribution in [2.75, 3.05) is 0 Å². The summed E-state index contributed by atoms with van der Waals surface area (Å²) in [5.74, 6) is 0. The second-order valence-electron chi connectivity index (χ2n) is 3.78. The van der Waals surface area contributed by atoms with Gasteiger partial charge < -0.3 is 4.84 Å². The average Bonchev–Trinajstić information content (AvgIpc) is 2.45. The van der Waals surface area contributed by atoms with Crippen LogP contribution in [0.4, 0.5) is 0 Å². The van der Waals surface area contributed by atoms with Gasteiger partial charge in [-0.25, -0.2) is 0 Å². The first-order chi connectivity index (χ1) is 8.88. The van der Waals surface area contributed by atoms with E-state index in [2.05, 4.69) is 5.16 Å². The number of carbonyl (C=O) groups excluding carboxylic acids is 1. The lowest BCUT2D eigenvalue weighted by atomic mass is 10.1. The predicted octanol–water partition coefficient (Wildman–Crippen LogP) is 3.05. The summed E-state index contributed by atoms with van der Waals surface area (Å²) < 4.78 is 0. The molecule has 0 aliphatic carbocycles. The molecule has 0 unspecified atom stereocenters. The minimum Gasteiger partial charge on any atom is -0.391 e. The Hall–Kier alpha value is -2.42. The van der Waals surface area contributed by atoms with E-state index in [4.69, 9.17) is 4.84 Å². The SMILES string of the molecule is O=Cc1cccc(/C=N/OCc2ccccc2)c1. The van der Waals surface area contributed by atoms with Crippen LogP contribution in [0.3, 0.4) is 0 Å². The lowest BCUT2D eigenvalue weighted by molar-refractivity contribution is 0.112. The molecule has 0 bridgehead atoms. The molecule has 3 nitrogen and oxygen atoms in total. The summed E-state index contributed by atoms with van der Waals surface area (Å²) >= 11 is 0. The summed E-state index contributed by atoms with van der Waals surface area (Å²) in [6.07, 6.45) is 2.40. The smallest absolute Gasteiger partial charge is 0.150 e. The lowest BCUT2D eigenvalue weighted by Gasteiger charge is -1.99. The molecular formula is C15H13NO2. The van der Waals surface area contributed by atoms with E-state index in [1.54, 1.807) is 18.3 Å². The Labute approximate surface area is 106 Å². The van der Waals surface area contributed by atoms with E-state index in [1.807, 2.05) is 42.5 Å². The van der Waals surface area contributed by atoms with Crippen LogP contribution in [0.25, 0.3) is 0 Å². The molecule has 0 aromatic heterocycles. The molecule has 0 saturated carbocycles. The highest BCUT2D eigenvalue weighted by molar-refractivity contribution is 5.83. The first-order valence-corrected chi connectivity index (χ1v) is 5.63. The summed E-state index contributed by atoms with van der Waals surface area (Å²) in [7, 11) is 0. The maximum Gasteiger partial charge on any atom is 0.150 e. The van der Waals surface area contributed by atoms with Gasteiger partial charge in [0.05, 0.1) is 6.21 Å². The molecule has 3 heteroatoms. The molecule has 0 spiro atoms. The minimum atomic E-state index is 0.435.